The lowest BCUT2D eigenvalue weighted by molar-refractivity contribution is 0.623. The summed E-state index contributed by atoms with van der Waals surface area (Å²) in [6, 6.07) is 4.87. The Balaban J connectivity index is 2.36. The van der Waals surface area contributed by atoms with Crippen LogP contribution in [0.5, 0.6) is 0 Å². The Morgan fingerprint density at radius 2 is 2.18 bits per heavy atom. The molecule has 5 heteroatoms. The van der Waals surface area contributed by atoms with Gasteiger partial charge in [-0.1, -0.05) is 6.07 Å². The number of nitrogens with one attached hydrogen (secondary N) is 1. The number of benzene rings is 1. The van der Waals surface area contributed by atoms with Crippen LogP contribution in [0.15, 0.2) is 18.2 Å². The quantitative estimate of drug-likeness (QED) is 0.626. The number of nitrogens with zero attached hydrogens (tertiary/aromatic N) is 1. The SMILES string of the molecule is N=C(N)c1c(F)cccc1N1CCCSCC1. The zero-order valence-corrected chi connectivity index (χ0v) is 10.4. The van der Waals surface area contributed by atoms with Crippen molar-refractivity contribution in [1.82, 2.24) is 0 Å². The first-order valence-electron chi connectivity index (χ1n) is 5.66. The standard InChI is InChI=1S/C12H16FN3S/c13-9-3-1-4-10(11(9)12(14)15)16-5-2-7-17-8-6-16/h1,3-4H,2,5-8H2,(H3,14,15). The Labute approximate surface area is 105 Å². The van der Waals surface area contributed by atoms with Gasteiger partial charge in [0.05, 0.1) is 11.3 Å². The van der Waals surface area contributed by atoms with Gasteiger partial charge in [-0.25, -0.2) is 4.39 Å². The van der Waals surface area contributed by atoms with Crippen LogP contribution in [0.2, 0.25) is 0 Å². The maximum absolute atomic E-state index is 13.7. The van der Waals surface area contributed by atoms with Gasteiger partial charge in [0.25, 0.3) is 0 Å². The van der Waals surface area contributed by atoms with Gasteiger partial charge >= 0.3 is 0 Å². The molecular weight excluding hydrogens is 237 g/mol. The predicted octanol–water partition coefficient (Wildman–Crippen LogP) is 2.05. The number of nitrogen functional groups attached to an aromatic ring is 1. The molecule has 92 valence electrons. The molecule has 0 unspecified atom stereocenters. The normalized spacial score (nSPS) is 16.6. The Morgan fingerprint density at radius 3 is 2.94 bits per heavy atom. The minimum Gasteiger partial charge on any atom is -0.384 e. The first-order valence-corrected chi connectivity index (χ1v) is 6.81. The molecule has 0 radical (unpaired) electrons. The van der Waals surface area contributed by atoms with Crippen molar-refractivity contribution in [3.05, 3.63) is 29.6 Å². The topological polar surface area (TPSA) is 53.1 Å². The Hall–Kier alpha value is -1.23. The van der Waals surface area contributed by atoms with Crippen molar-refractivity contribution in [2.45, 2.75) is 6.42 Å². The lowest BCUT2D eigenvalue weighted by atomic mass is 10.1. The number of nitrogens with two attached hydrogens (primary N) is 1. The van der Waals surface area contributed by atoms with E-state index >= 15 is 0 Å². The van der Waals surface area contributed by atoms with Gasteiger partial charge in [0.15, 0.2) is 0 Å². The first kappa shape index (κ1) is 12.2. The van der Waals surface area contributed by atoms with Crippen LogP contribution in [0.4, 0.5) is 10.1 Å². The maximum atomic E-state index is 13.7. The molecule has 2 rings (SSSR count). The Morgan fingerprint density at radius 1 is 1.35 bits per heavy atom. The second-order valence-corrected chi connectivity index (χ2v) is 5.23. The third-order valence-corrected chi connectivity index (χ3v) is 3.87. The molecule has 1 saturated heterocycles. The van der Waals surface area contributed by atoms with Gasteiger partial charge in [0.1, 0.15) is 11.7 Å². The second kappa shape index (κ2) is 5.40. The third-order valence-electron chi connectivity index (χ3n) is 2.82. The van der Waals surface area contributed by atoms with Gasteiger partial charge in [-0.15, -0.1) is 0 Å². The van der Waals surface area contributed by atoms with Gasteiger partial charge in [-0.2, -0.15) is 11.8 Å². The zero-order valence-electron chi connectivity index (χ0n) is 9.58. The number of hydrogen-bond acceptors (Lipinski definition) is 3. The first-order chi connectivity index (χ1) is 8.20. The van der Waals surface area contributed by atoms with E-state index in [-0.39, 0.29) is 11.4 Å². The van der Waals surface area contributed by atoms with Crippen LogP contribution in [0.3, 0.4) is 0 Å². The summed E-state index contributed by atoms with van der Waals surface area (Å²) in [7, 11) is 0. The fourth-order valence-corrected chi connectivity index (χ4v) is 2.92. The molecule has 0 atom stereocenters. The average molecular weight is 253 g/mol. The van der Waals surface area contributed by atoms with Crippen molar-refractivity contribution < 1.29 is 4.39 Å². The van der Waals surface area contributed by atoms with Crippen molar-refractivity contribution in [3.8, 4) is 0 Å². The van der Waals surface area contributed by atoms with Gasteiger partial charge in [0.2, 0.25) is 0 Å². The number of thioether (sulfide) groups is 1. The fourth-order valence-electron chi connectivity index (χ4n) is 2.03. The van der Waals surface area contributed by atoms with Gasteiger partial charge in [-0.3, -0.25) is 5.41 Å². The zero-order chi connectivity index (χ0) is 12.3. The average Bonchev–Trinajstić information content (AvgIpc) is 2.56. The molecule has 0 saturated carbocycles. The van der Waals surface area contributed by atoms with Gasteiger partial charge in [0, 0.05) is 18.8 Å². The van der Waals surface area contributed by atoms with Crippen molar-refractivity contribution in [1.29, 1.82) is 5.41 Å². The number of rotatable bonds is 2. The van der Waals surface area contributed by atoms with Crippen LogP contribution in [0, 0.1) is 11.2 Å². The van der Waals surface area contributed by atoms with Gasteiger partial charge < -0.3 is 10.6 Å². The monoisotopic (exact) mass is 253 g/mol. The minimum atomic E-state index is -0.410. The lowest BCUT2D eigenvalue weighted by Crippen LogP contribution is -2.29. The molecule has 0 bridgehead atoms. The molecule has 0 aliphatic carbocycles. The third kappa shape index (κ3) is 2.72. The van der Waals surface area contributed by atoms with E-state index in [0.29, 0.717) is 0 Å². The molecule has 0 aromatic heterocycles. The van der Waals surface area contributed by atoms with E-state index in [4.69, 9.17) is 11.1 Å². The summed E-state index contributed by atoms with van der Waals surface area (Å²) in [5, 5.41) is 7.50. The molecule has 0 spiro atoms. The summed E-state index contributed by atoms with van der Waals surface area (Å²) >= 11 is 1.91. The Kier molecular flexibility index (Phi) is 3.89. The molecular formula is C12H16FN3S. The van der Waals surface area contributed by atoms with Crippen molar-refractivity contribution >= 4 is 23.3 Å². The van der Waals surface area contributed by atoms with E-state index in [1.165, 1.54) is 6.07 Å². The van der Waals surface area contributed by atoms with Crippen LogP contribution in [0.1, 0.15) is 12.0 Å². The molecule has 1 aromatic rings. The largest absolute Gasteiger partial charge is 0.384 e. The highest BCUT2D eigenvalue weighted by Crippen LogP contribution is 2.25. The molecule has 1 aliphatic rings. The second-order valence-electron chi connectivity index (χ2n) is 4.00. The molecule has 1 heterocycles. The smallest absolute Gasteiger partial charge is 0.136 e. The highest BCUT2D eigenvalue weighted by atomic mass is 32.2. The van der Waals surface area contributed by atoms with Crippen LogP contribution >= 0.6 is 11.8 Å². The van der Waals surface area contributed by atoms with Crippen molar-refractivity contribution in [2.75, 3.05) is 29.5 Å². The summed E-state index contributed by atoms with van der Waals surface area (Å²) in [6.07, 6.45) is 1.08. The number of hydrogen-bond donors (Lipinski definition) is 2. The molecule has 17 heavy (non-hydrogen) atoms. The summed E-state index contributed by atoms with van der Waals surface area (Å²) < 4.78 is 13.7. The van der Waals surface area contributed by atoms with E-state index in [2.05, 4.69) is 4.90 Å². The molecule has 0 amide bonds. The van der Waals surface area contributed by atoms with Crippen LogP contribution in [-0.2, 0) is 0 Å². The van der Waals surface area contributed by atoms with E-state index in [1.54, 1.807) is 6.07 Å². The van der Waals surface area contributed by atoms with Crippen LogP contribution in [0.25, 0.3) is 0 Å². The summed E-state index contributed by atoms with van der Waals surface area (Å²) in [5.41, 5.74) is 6.46. The van der Waals surface area contributed by atoms with Gasteiger partial charge in [-0.05, 0) is 24.3 Å². The fraction of sp³-hybridized carbons (Fsp3) is 0.417. The van der Waals surface area contributed by atoms with E-state index in [1.807, 2.05) is 17.8 Å². The minimum absolute atomic E-state index is 0.199. The summed E-state index contributed by atoms with van der Waals surface area (Å²) in [5.74, 6) is 1.57. The van der Waals surface area contributed by atoms with Crippen molar-refractivity contribution in [2.24, 2.45) is 5.73 Å². The van der Waals surface area contributed by atoms with Crippen LogP contribution < -0.4 is 10.6 Å². The van der Waals surface area contributed by atoms with Crippen molar-refractivity contribution in [3.63, 3.8) is 0 Å². The van der Waals surface area contributed by atoms with E-state index in [0.717, 1.165) is 36.7 Å². The number of anilines is 1. The molecule has 1 aromatic carbocycles. The highest BCUT2D eigenvalue weighted by Gasteiger charge is 2.17. The Bertz CT molecular complexity index is 414. The van der Waals surface area contributed by atoms with E-state index in [9.17, 15) is 4.39 Å². The highest BCUT2D eigenvalue weighted by molar-refractivity contribution is 7.99. The summed E-state index contributed by atoms with van der Waals surface area (Å²) in [4.78, 5) is 2.12. The van der Waals surface area contributed by atoms with E-state index < -0.39 is 5.82 Å². The molecule has 1 aliphatic heterocycles. The number of halogens is 1. The molecule has 3 nitrogen and oxygen atoms in total. The summed E-state index contributed by atoms with van der Waals surface area (Å²) in [6.45, 7) is 1.78. The molecule has 3 N–H and O–H groups in total. The lowest BCUT2D eigenvalue weighted by Gasteiger charge is -2.25. The number of amidine groups is 1. The maximum Gasteiger partial charge on any atom is 0.136 e. The molecule has 1 fully saturated rings. The predicted molar refractivity (Wildman–Crippen MR) is 71.6 cm³/mol. The van der Waals surface area contributed by atoms with Crippen LogP contribution in [-0.4, -0.2) is 30.4 Å².